The SMILES string of the molecule is C=CCCSc1cccc(C(=O)O)c1. The summed E-state index contributed by atoms with van der Waals surface area (Å²) < 4.78 is 0. The van der Waals surface area contributed by atoms with Crippen LogP contribution in [0.2, 0.25) is 0 Å². The zero-order valence-corrected chi connectivity index (χ0v) is 8.59. The van der Waals surface area contributed by atoms with E-state index < -0.39 is 5.97 Å². The average molecular weight is 208 g/mol. The van der Waals surface area contributed by atoms with Crippen molar-refractivity contribution in [3.05, 3.63) is 42.5 Å². The lowest BCUT2D eigenvalue weighted by Gasteiger charge is -2.00. The fraction of sp³-hybridized carbons (Fsp3) is 0.182. The summed E-state index contributed by atoms with van der Waals surface area (Å²) in [6, 6.07) is 6.97. The third kappa shape index (κ3) is 3.26. The molecule has 2 nitrogen and oxygen atoms in total. The van der Waals surface area contributed by atoms with Crippen LogP contribution in [0.4, 0.5) is 0 Å². The van der Waals surface area contributed by atoms with Crippen molar-refractivity contribution in [2.45, 2.75) is 11.3 Å². The molecule has 1 N–H and O–H groups in total. The Morgan fingerprint density at radius 3 is 3.00 bits per heavy atom. The number of benzene rings is 1. The monoisotopic (exact) mass is 208 g/mol. The molecule has 0 spiro atoms. The van der Waals surface area contributed by atoms with Gasteiger partial charge in [-0.25, -0.2) is 4.79 Å². The number of hydrogen-bond donors (Lipinski definition) is 1. The first-order valence-corrected chi connectivity index (χ1v) is 5.29. The zero-order valence-electron chi connectivity index (χ0n) is 7.77. The normalized spacial score (nSPS) is 9.71. The number of allylic oxidation sites excluding steroid dienone is 1. The maximum absolute atomic E-state index is 10.7. The third-order valence-electron chi connectivity index (χ3n) is 1.67. The van der Waals surface area contributed by atoms with E-state index in [2.05, 4.69) is 6.58 Å². The van der Waals surface area contributed by atoms with E-state index in [9.17, 15) is 4.79 Å². The van der Waals surface area contributed by atoms with E-state index in [0.717, 1.165) is 17.1 Å². The Morgan fingerprint density at radius 2 is 2.36 bits per heavy atom. The molecule has 0 heterocycles. The smallest absolute Gasteiger partial charge is 0.335 e. The minimum absolute atomic E-state index is 0.341. The minimum Gasteiger partial charge on any atom is -0.478 e. The lowest BCUT2D eigenvalue weighted by Crippen LogP contribution is -1.95. The third-order valence-corrected chi connectivity index (χ3v) is 2.70. The maximum Gasteiger partial charge on any atom is 0.335 e. The van der Waals surface area contributed by atoms with E-state index in [1.165, 1.54) is 0 Å². The Morgan fingerprint density at radius 1 is 1.57 bits per heavy atom. The Kier molecular flexibility index (Phi) is 4.26. The first-order valence-electron chi connectivity index (χ1n) is 4.31. The molecule has 0 aromatic heterocycles. The lowest BCUT2D eigenvalue weighted by molar-refractivity contribution is 0.0696. The Bertz CT molecular complexity index is 334. The summed E-state index contributed by atoms with van der Waals surface area (Å²) >= 11 is 1.64. The number of aromatic carboxylic acids is 1. The second-order valence-electron chi connectivity index (χ2n) is 2.76. The number of thioether (sulfide) groups is 1. The molecule has 0 radical (unpaired) electrons. The first-order chi connectivity index (χ1) is 6.74. The number of carboxylic acids is 1. The summed E-state index contributed by atoms with van der Waals surface area (Å²) in [4.78, 5) is 11.7. The van der Waals surface area contributed by atoms with Crippen LogP contribution in [0.3, 0.4) is 0 Å². The fourth-order valence-corrected chi connectivity index (χ4v) is 1.88. The zero-order chi connectivity index (χ0) is 10.4. The van der Waals surface area contributed by atoms with Gasteiger partial charge in [-0.1, -0.05) is 12.1 Å². The molecule has 0 aliphatic rings. The molecule has 1 aromatic rings. The molecule has 0 unspecified atom stereocenters. The van der Waals surface area contributed by atoms with Gasteiger partial charge in [-0.2, -0.15) is 0 Å². The lowest BCUT2D eigenvalue weighted by atomic mass is 10.2. The second-order valence-corrected chi connectivity index (χ2v) is 3.93. The van der Waals surface area contributed by atoms with E-state index in [4.69, 9.17) is 5.11 Å². The summed E-state index contributed by atoms with van der Waals surface area (Å²) in [7, 11) is 0. The van der Waals surface area contributed by atoms with Gasteiger partial charge in [0.2, 0.25) is 0 Å². The van der Waals surface area contributed by atoms with Crippen molar-refractivity contribution in [3.63, 3.8) is 0 Å². The van der Waals surface area contributed by atoms with E-state index >= 15 is 0 Å². The second kappa shape index (κ2) is 5.50. The van der Waals surface area contributed by atoms with E-state index in [1.807, 2.05) is 12.1 Å². The van der Waals surface area contributed by atoms with Crippen LogP contribution in [0.1, 0.15) is 16.8 Å². The van der Waals surface area contributed by atoms with E-state index in [1.54, 1.807) is 30.0 Å². The van der Waals surface area contributed by atoms with Gasteiger partial charge in [0.15, 0.2) is 0 Å². The maximum atomic E-state index is 10.7. The number of carboxylic acid groups (broad SMARTS) is 1. The molecule has 1 aromatic carbocycles. The molecule has 0 atom stereocenters. The van der Waals surface area contributed by atoms with Crippen molar-refractivity contribution >= 4 is 17.7 Å². The van der Waals surface area contributed by atoms with Crippen LogP contribution in [0.25, 0.3) is 0 Å². The predicted octanol–water partition coefficient (Wildman–Crippen LogP) is 3.05. The summed E-state index contributed by atoms with van der Waals surface area (Å²) in [5.41, 5.74) is 0.341. The molecule has 0 fully saturated rings. The van der Waals surface area contributed by atoms with Crippen LogP contribution in [0, 0.1) is 0 Å². The Hall–Kier alpha value is -1.22. The molecule has 0 aliphatic carbocycles. The molecule has 0 aliphatic heterocycles. The minimum atomic E-state index is -0.879. The molecule has 14 heavy (non-hydrogen) atoms. The van der Waals surface area contributed by atoms with Gasteiger partial charge in [0.05, 0.1) is 5.56 Å². The highest BCUT2D eigenvalue weighted by molar-refractivity contribution is 7.99. The average Bonchev–Trinajstić information content (AvgIpc) is 2.19. The van der Waals surface area contributed by atoms with Crippen molar-refractivity contribution in [1.82, 2.24) is 0 Å². The predicted molar refractivity (Wildman–Crippen MR) is 58.9 cm³/mol. The molecule has 3 heteroatoms. The number of carbonyl (C=O) groups is 1. The quantitative estimate of drug-likeness (QED) is 0.459. The van der Waals surface area contributed by atoms with Crippen LogP contribution in [-0.2, 0) is 0 Å². The van der Waals surface area contributed by atoms with Crippen molar-refractivity contribution in [1.29, 1.82) is 0 Å². The van der Waals surface area contributed by atoms with Crippen LogP contribution in [0.15, 0.2) is 41.8 Å². The molecule has 0 bridgehead atoms. The van der Waals surface area contributed by atoms with Crippen LogP contribution in [0.5, 0.6) is 0 Å². The molecule has 0 saturated heterocycles. The van der Waals surface area contributed by atoms with Crippen molar-refractivity contribution in [3.8, 4) is 0 Å². The highest BCUT2D eigenvalue weighted by atomic mass is 32.2. The van der Waals surface area contributed by atoms with Gasteiger partial charge in [-0.15, -0.1) is 18.3 Å². The van der Waals surface area contributed by atoms with Crippen LogP contribution >= 0.6 is 11.8 Å². The van der Waals surface area contributed by atoms with Gasteiger partial charge in [0.25, 0.3) is 0 Å². The van der Waals surface area contributed by atoms with Crippen molar-refractivity contribution in [2.24, 2.45) is 0 Å². The molecular weight excluding hydrogens is 196 g/mol. The topological polar surface area (TPSA) is 37.3 Å². The number of rotatable bonds is 5. The summed E-state index contributed by atoms with van der Waals surface area (Å²) in [6.45, 7) is 3.63. The first kappa shape index (κ1) is 10.9. The van der Waals surface area contributed by atoms with Gasteiger partial charge in [0.1, 0.15) is 0 Å². The van der Waals surface area contributed by atoms with Gasteiger partial charge in [-0.05, 0) is 24.6 Å². The highest BCUT2D eigenvalue weighted by Crippen LogP contribution is 2.19. The van der Waals surface area contributed by atoms with Gasteiger partial charge < -0.3 is 5.11 Å². The van der Waals surface area contributed by atoms with Gasteiger partial charge in [-0.3, -0.25) is 0 Å². The molecule has 0 saturated carbocycles. The largest absolute Gasteiger partial charge is 0.478 e. The van der Waals surface area contributed by atoms with Crippen molar-refractivity contribution < 1.29 is 9.90 Å². The molecule has 0 amide bonds. The summed E-state index contributed by atoms with van der Waals surface area (Å²) in [5, 5.41) is 8.76. The van der Waals surface area contributed by atoms with Gasteiger partial charge in [0, 0.05) is 10.6 Å². The fourth-order valence-electron chi connectivity index (χ4n) is 0.979. The Balaban J connectivity index is 2.63. The van der Waals surface area contributed by atoms with Crippen molar-refractivity contribution in [2.75, 3.05) is 5.75 Å². The van der Waals surface area contributed by atoms with Crippen LogP contribution in [-0.4, -0.2) is 16.8 Å². The highest BCUT2D eigenvalue weighted by Gasteiger charge is 2.02. The summed E-state index contributed by atoms with van der Waals surface area (Å²) in [6.07, 6.45) is 2.79. The molecular formula is C11H12O2S. The molecule has 1 rings (SSSR count). The summed E-state index contributed by atoms with van der Waals surface area (Å²) in [5.74, 6) is 0.0585. The van der Waals surface area contributed by atoms with E-state index in [0.29, 0.717) is 5.56 Å². The molecule has 74 valence electrons. The number of hydrogen-bond acceptors (Lipinski definition) is 2. The van der Waals surface area contributed by atoms with Crippen LogP contribution < -0.4 is 0 Å². The Labute approximate surface area is 87.6 Å². The van der Waals surface area contributed by atoms with Gasteiger partial charge >= 0.3 is 5.97 Å². The standard InChI is InChI=1S/C11H12O2S/c1-2-3-7-14-10-6-4-5-9(8-10)11(12)13/h2,4-6,8H,1,3,7H2,(H,12,13). The van der Waals surface area contributed by atoms with E-state index in [-0.39, 0.29) is 0 Å².